The van der Waals surface area contributed by atoms with E-state index >= 15 is 0 Å². The van der Waals surface area contributed by atoms with Crippen LogP contribution >= 0.6 is 0 Å². The summed E-state index contributed by atoms with van der Waals surface area (Å²) in [7, 11) is 0. The summed E-state index contributed by atoms with van der Waals surface area (Å²) in [5.41, 5.74) is 2.26. The minimum absolute atomic E-state index is 0.276. The van der Waals surface area contributed by atoms with Gasteiger partial charge >= 0.3 is 5.97 Å². The molecule has 5 nitrogen and oxygen atoms in total. The quantitative estimate of drug-likeness (QED) is 0.513. The molecule has 0 fully saturated rings. The molecular formula is C22H19NO4. The molecule has 136 valence electrons. The average Bonchev–Trinajstić information content (AvgIpc) is 3.21. The van der Waals surface area contributed by atoms with Crippen LogP contribution in [0.2, 0.25) is 0 Å². The Hall–Kier alpha value is -3.60. The number of benzene rings is 2. The van der Waals surface area contributed by atoms with Gasteiger partial charge in [0.05, 0.1) is 24.0 Å². The molecule has 1 aromatic heterocycles. The molecule has 1 amide bonds. The van der Waals surface area contributed by atoms with Gasteiger partial charge in [-0.25, -0.2) is 4.79 Å². The first-order valence-electron chi connectivity index (χ1n) is 8.56. The lowest BCUT2D eigenvalue weighted by Gasteiger charge is -2.10. The van der Waals surface area contributed by atoms with Crippen molar-refractivity contribution >= 4 is 29.2 Å². The molecule has 2 aromatic carbocycles. The molecule has 0 saturated carbocycles. The number of nitrogens with one attached hydrogen (secondary N) is 1. The number of esters is 1. The van der Waals surface area contributed by atoms with Crippen molar-refractivity contribution < 1.29 is 18.7 Å². The molecule has 3 aromatic rings. The third kappa shape index (κ3) is 4.73. The molecule has 0 bridgehead atoms. The molecule has 0 aliphatic heterocycles. The van der Waals surface area contributed by atoms with E-state index in [1.807, 2.05) is 30.3 Å². The van der Waals surface area contributed by atoms with Crippen LogP contribution in [-0.2, 0) is 9.53 Å². The van der Waals surface area contributed by atoms with Gasteiger partial charge in [0, 0.05) is 5.69 Å². The van der Waals surface area contributed by atoms with Crippen molar-refractivity contribution in [3.63, 3.8) is 0 Å². The van der Waals surface area contributed by atoms with Crippen molar-refractivity contribution in [2.75, 3.05) is 11.9 Å². The smallest absolute Gasteiger partial charge is 0.338 e. The number of amides is 1. The van der Waals surface area contributed by atoms with Crippen LogP contribution in [0.15, 0.2) is 77.4 Å². The largest absolute Gasteiger partial charge is 0.465 e. The number of rotatable bonds is 6. The Kier molecular flexibility index (Phi) is 5.84. The van der Waals surface area contributed by atoms with Gasteiger partial charge < -0.3 is 14.5 Å². The van der Waals surface area contributed by atoms with Gasteiger partial charge in [-0.3, -0.25) is 4.79 Å². The summed E-state index contributed by atoms with van der Waals surface area (Å²) in [4.78, 5) is 24.6. The Morgan fingerprint density at radius 1 is 0.963 bits per heavy atom. The first kappa shape index (κ1) is 18.2. The Morgan fingerprint density at radius 2 is 1.70 bits per heavy atom. The van der Waals surface area contributed by atoms with Gasteiger partial charge in [0.25, 0.3) is 5.91 Å². The second-order valence-electron chi connectivity index (χ2n) is 5.69. The van der Waals surface area contributed by atoms with E-state index in [9.17, 15) is 9.59 Å². The highest BCUT2D eigenvalue weighted by molar-refractivity contribution is 6.29. The fourth-order valence-electron chi connectivity index (χ4n) is 2.52. The van der Waals surface area contributed by atoms with Crippen LogP contribution in [0.1, 0.15) is 28.6 Å². The van der Waals surface area contributed by atoms with Crippen LogP contribution in [-0.4, -0.2) is 18.5 Å². The zero-order valence-electron chi connectivity index (χ0n) is 14.8. The zero-order chi connectivity index (χ0) is 19.1. The van der Waals surface area contributed by atoms with E-state index in [4.69, 9.17) is 9.15 Å². The van der Waals surface area contributed by atoms with Crippen molar-refractivity contribution in [1.82, 2.24) is 0 Å². The minimum Gasteiger partial charge on any atom is -0.465 e. The number of hydrogen-bond acceptors (Lipinski definition) is 4. The normalized spacial score (nSPS) is 11.1. The van der Waals surface area contributed by atoms with Crippen LogP contribution in [0.5, 0.6) is 0 Å². The average molecular weight is 361 g/mol. The molecule has 0 radical (unpaired) electrons. The number of furan rings is 1. The van der Waals surface area contributed by atoms with E-state index in [1.165, 1.54) is 0 Å². The van der Waals surface area contributed by atoms with Crippen LogP contribution < -0.4 is 5.32 Å². The highest BCUT2D eigenvalue weighted by atomic mass is 16.5. The maximum absolute atomic E-state index is 12.8. The van der Waals surface area contributed by atoms with Crippen molar-refractivity contribution in [3.8, 4) is 0 Å². The molecular weight excluding hydrogens is 342 g/mol. The molecule has 1 heterocycles. The van der Waals surface area contributed by atoms with Gasteiger partial charge in [0.1, 0.15) is 5.76 Å². The lowest BCUT2D eigenvalue weighted by molar-refractivity contribution is -0.111. The van der Waals surface area contributed by atoms with Gasteiger partial charge in [-0.05, 0) is 55.0 Å². The second-order valence-corrected chi connectivity index (χ2v) is 5.69. The summed E-state index contributed by atoms with van der Waals surface area (Å²) in [6.07, 6.45) is 3.25. The lowest BCUT2D eigenvalue weighted by atomic mass is 10.0. The van der Waals surface area contributed by atoms with Crippen LogP contribution in [0, 0.1) is 0 Å². The van der Waals surface area contributed by atoms with E-state index in [2.05, 4.69) is 5.32 Å². The molecule has 0 aliphatic rings. The molecule has 5 heteroatoms. The Balaban J connectivity index is 1.82. The Labute approximate surface area is 157 Å². The van der Waals surface area contributed by atoms with Crippen molar-refractivity contribution in [2.45, 2.75) is 6.92 Å². The molecule has 27 heavy (non-hydrogen) atoms. The fraction of sp³-hybridized carbons (Fsp3) is 0.0909. The molecule has 0 spiro atoms. The third-order valence-electron chi connectivity index (χ3n) is 3.81. The maximum atomic E-state index is 12.8. The summed E-state index contributed by atoms with van der Waals surface area (Å²) in [6.45, 7) is 2.07. The predicted molar refractivity (Wildman–Crippen MR) is 104 cm³/mol. The number of anilines is 1. The zero-order valence-corrected chi connectivity index (χ0v) is 14.8. The predicted octanol–water partition coefficient (Wildman–Crippen LogP) is 4.64. The van der Waals surface area contributed by atoms with Crippen LogP contribution in [0.3, 0.4) is 0 Å². The van der Waals surface area contributed by atoms with Crippen LogP contribution in [0.4, 0.5) is 5.69 Å². The molecule has 0 saturated heterocycles. The number of ether oxygens (including phenoxy) is 1. The van der Waals surface area contributed by atoms with Crippen molar-refractivity contribution in [1.29, 1.82) is 0 Å². The highest BCUT2D eigenvalue weighted by Gasteiger charge is 2.14. The second kappa shape index (κ2) is 8.67. The maximum Gasteiger partial charge on any atom is 0.338 e. The van der Waals surface area contributed by atoms with Crippen LogP contribution in [0.25, 0.3) is 11.6 Å². The molecule has 0 atom stereocenters. The van der Waals surface area contributed by atoms with Gasteiger partial charge in [0.15, 0.2) is 0 Å². The molecule has 0 aliphatic carbocycles. The summed E-state index contributed by atoms with van der Waals surface area (Å²) < 4.78 is 10.3. The standard InChI is InChI=1S/C22H19NO4/c1-2-26-22(25)17-10-12-18(13-11-17)23-21(24)20(15-19-9-6-14-27-19)16-7-4-3-5-8-16/h3-15H,2H2,1H3,(H,23,24)/b20-15+. The topological polar surface area (TPSA) is 68.5 Å². The molecule has 1 N–H and O–H groups in total. The number of carbonyl (C=O) groups is 2. The molecule has 3 rings (SSSR count). The molecule has 0 unspecified atom stereocenters. The Morgan fingerprint density at radius 3 is 2.33 bits per heavy atom. The highest BCUT2D eigenvalue weighted by Crippen LogP contribution is 2.21. The van der Waals surface area contributed by atoms with Gasteiger partial charge in [0.2, 0.25) is 0 Å². The third-order valence-corrected chi connectivity index (χ3v) is 3.81. The van der Waals surface area contributed by atoms with E-state index in [0.29, 0.717) is 29.2 Å². The van der Waals surface area contributed by atoms with Crippen molar-refractivity contribution in [3.05, 3.63) is 89.9 Å². The van der Waals surface area contributed by atoms with E-state index in [1.54, 1.807) is 55.7 Å². The lowest BCUT2D eigenvalue weighted by Crippen LogP contribution is -2.14. The Bertz CT molecular complexity index is 926. The number of carbonyl (C=O) groups excluding carboxylic acids is 2. The monoisotopic (exact) mass is 361 g/mol. The summed E-state index contributed by atoms with van der Waals surface area (Å²) in [5, 5.41) is 2.85. The summed E-state index contributed by atoms with van der Waals surface area (Å²) in [6, 6.07) is 19.5. The summed E-state index contributed by atoms with van der Waals surface area (Å²) in [5.74, 6) is -0.0822. The van der Waals surface area contributed by atoms with Gasteiger partial charge in [-0.15, -0.1) is 0 Å². The van der Waals surface area contributed by atoms with E-state index in [0.717, 1.165) is 5.56 Å². The minimum atomic E-state index is -0.391. The first-order valence-corrected chi connectivity index (χ1v) is 8.56. The fourth-order valence-corrected chi connectivity index (χ4v) is 2.52. The van der Waals surface area contributed by atoms with E-state index in [-0.39, 0.29) is 5.91 Å². The van der Waals surface area contributed by atoms with Gasteiger partial charge in [-0.2, -0.15) is 0 Å². The van der Waals surface area contributed by atoms with Crippen molar-refractivity contribution in [2.24, 2.45) is 0 Å². The first-order chi connectivity index (χ1) is 13.2. The summed E-state index contributed by atoms with van der Waals surface area (Å²) >= 11 is 0. The van der Waals surface area contributed by atoms with E-state index < -0.39 is 5.97 Å². The number of hydrogen-bond donors (Lipinski definition) is 1. The van der Waals surface area contributed by atoms with Gasteiger partial charge in [-0.1, -0.05) is 30.3 Å². The SMILES string of the molecule is CCOC(=O)c1ccc(NC(=O)/C(=C/c2ccco2)c2ccccc2)cc1.